The lowest BCUT2D eigenvalue weighted by Crippen LogP contribution is -2.15. The minimum Gasteiger partial charge on any atom is -0.485 e. The van der Waals surface area contributed by atoms with Crippen molar-refractivity contribution in [3.05, 3.63) is 34.3 Å². The molecule has 3 aromatic heterocycles. The van der Waals surface area contributed by atoms with Crippen molar-refractivity contribution in [2.45, 2.75) is 0 Å². The molecular weight excluding hydrogens is 444 g/mol. The van der Waals surface area contributed by atoms with E-state index in [1.165, 1.54) is 22.7 Å². The van der Waals surface area contributed by atoms with Crippen molar-refractivity contribution in [3.8, 4) is 68.6 Å². The van der Waals surface area contributed by atoms with Gasteiger partial charge in [0.05, 0.1) is 20.8 Å². The Morgan fingerprint density at radius 2 is 1.06 bits per heavy atom. The lowest BCUT2D eigenvalue weighted by atomic mass is 10.0. The number of aromatic nitrogens is 2. The molecule has 1 aromatic carbocycles. The summed E-state index contributed by atoms with van der Waals surface area (Å²) in [6, 6.07) is 4.00. The predicted octanol–water partition coefficient (Wildman–Crippen LogP) is 4.59. The number of benzene rings is 1. The van der Waals surface area contributed by atoms with Crippen LogP contribution in [0.5, 0.6) is 23.0 Å². The molecule has 8 heteroatoms. The highest BCUT2D eigenvalue weighted by molar-refractivity contribution is 7.17. The second kappa shape index (κ2) is 7.45. The van der Waals surface area contributed by atoms with Gasteiger partial charge in [-0.2, -0.15) is 0 Å². The van der Waals surface area contributed by atoms with Gasteiger partial charge in [-0.3, -0.25) is 9.97 Å². The van der Waals surface area contributed by atoms with Crippen molar-refractivity contribution in [3.63, 3.8) is 0 Å². The van der Waals surface area contributed by atoms with E-state index in [1.807, 2.05) is 12.1 Å². The first kappa shape index (κ1) is 19.0. The quantitative estimate of drug-likeness (QED) is 0.410. The number of terminal acetylenes is 2. The Bertz CT molecular complexity index is 1360. The molecule has 0 bridgehead atoms. The summed E-state index contributed by atoms with van der Waals surface area (Å²) in [5.41, 5.74) is 3.22. The van der Waals surface area contributed by atoms with Gasteiger partial charge in [0.15, 0.2) is 23.0 Å². The number of rotatable bonds is 2. The van der Waals surface area contributed by atoms with E-state index >= 15 is 0 Å². The molecule has 0 fully saturated rings. The second-order valence-electron chi connectivity index (χ2n) is 6.93. The molecule has 2 aliphatic rings. The van der Waals surface area contributed by atoms with Crippen LogP contribution >= 0.6 is 22.7 Å². The van der Waals surface area contributed by atoms with Gasteiger partial charge in [-0.05, 0) is 0 Å². The van der Waals surface area contributed by atoms with Gasteiger partial charge < -0.3 is 18.9 Å². The third-order valence-electron chi connectivity index (χ3n) is 5.17. The molecule has 0 spiro atoms. The molecule has 2 aliphatic heterocycles. The summed E-state index contributed by atoms with van der Waals surface area (Å²) in [7, 11) is 0. The Kier molecular flexibility index (Phi) is 4.43. The number of ether oxygens (including phenoxy) is 4. The fraction of sp³-hybridized carbons (Fsp3) is 0.167. The topological polar surface area (TPSA) is 62.7 Å². The molecular formula is C24H14N2O4S2. The number of fused-ring (bicyclic) bond motifs is 3. The lowest BCUT2D eigenvalue weighted by molar-refractivity contribution is 0.174. The van der Waals surface area contributed by atoms with Crippen molar-refractivity contribution >= 4 is 33.7 Å². The molecule has 0 amide bonds. The van der Waals surface area contributed by atoms with E-state index in [0.717, 1.165) is 31.9 Å². The van der Waals surface area contributed by atoms with Crippen molar-refractivity contribution in [2.24, 2.45) is 0 Å². The molecule has 0 N–H and O–H groups in total. The van der Waals surface area contributed by atoms with Crippen molar-refractivity contribution in [1.82, 2.24) is 9.97 Å². The average Bonchev–Trinajstić information content (AvgIpc) is 3.42. The molecule has 0 saturated carbocycles. The zero-order chi connectivity index (χ0) is 21.7. The van der Waals surface area contributed by atoms with E-state index in [9.17, 15) is 0 Å². The van der Waals surface area contributed by atoms with Crippen LogP contribution in [-0.4, -0.2) is 36.4 Å². The van der Waals surface area contributed by atoms with Gasteiger partial charge >= 0.3 is 0 Å². The summed E-state index contributed by atoms with van der Waals surface area (Å²) in [4.78, 5) is 12.5. The van der Waals surface area contributed by atoms with Crippen LogP contribution in [0, 0.1) is 24.7 Å². The molecule has 32 heavy (non-hydrogen) atoms. The summed E-state index contributed by atoms with van der Waals surface area (Å²) in [6.45, 7) is 1.88. The molecule has 0 saturated heterocycles. The van der Waals surface area contributed by atoms with Crippen molar-refractivity contribution in [1.29, 1.82) is 0 Å². The van der Waals surface area contributed by atoms with Gasteiger partial charge in [-0.15, -0.1) is 35.5 Å². The average molecular weight is 459 g/mol. The second-order valence-corrected chi connectivity index (χ2v) is 8.98. The Labute approximate surface area is 191 Å². The van der Waals surface area contributed by atoms with E-state index in [1.54, 1.807) is 12.4 Å². The SMILES string of the molecule is C#Cc1sc(-c2ccc(-c3sc(C#C)c4c3OCCO4)c3nccnc23)c2c1OCCO2. The van der Waals surface area contributed by atoms with Crippen LogP contribution < -0.4 is 18.9 Å². The normalized spacial score (nSPS) is 14.1. The Morgan fingerprint density at radius 3 is 1.47 bits per heavy atom. The Balaban J connectivity index is 1.59. The molecule has 0 aliphatic carbocycles. The van der Waals surface area contributed by atoms with Crippen LogP contribution in [0.25, 0.3) is 31.9 Å². The standard InChI is InChI=1S/C24H14N2O4S2/c1-3-15-19-21(29-11-9-27-19)23(31-15)13-5-6-14(18-17(13)25-7-8-26-18)24-22-20(16(4-2)32-24)28-10-12-30-22/h1-2,5-8H,9-12H2. The van der Waals surface area contributed by atoms with Gasteiger partial charge in [0, 0.05) is 23.5 Å². The van der Waals surface area contributed by atoms with Crippen LogP contribution in [0.2, 0.25) is 0 Å². The Hall–Kier alpha value is -3.72. The smallest absolute Gasteiger partial charge is 0.188 e. The van der Waals surface area contributed by atoms with Gasteiger partial charge in [0.2, 0.25) is 0 Å². The van der Waals surface area contributed by atoms with E-state index in [-0.39, 0.29) is 0 Å². The fourth-order valence-electron chi connectivity index (χ4n) is 3.87. The van der Waals surface area contributed by atoms with Gasteiger partial charge in [0.1, 0.15) is 36.2 Å². The van der Waals surface area contributed by atoms with Gasteiger partial charge in [0.25, 0.3) is 0 Å². The number of thiophene rings is 2. The minimum absolute atomic E-state index is 0.468. The van der Waals surface area contributed by atoms with Gasteiger partial charge in [-0.1, -0.05) is 24.0 Å². The van der Waals surface area contributed by atoms with E-state index in [0.29, 0.717) is 59.2 Å². The molecule has 0 atom stereocenters. The highest BCUT2D eigenvalue weighted by Crippen LogP contribution is 2.53. The van der Waals surface area contributed by atoms with E-state index in [4.69, 9.17) is 31.8 Å². The third kappa shape index (κ3) is 2.74. The van der Waals surface area contributed by atoms with Crippen LogP contribution in [0.15, 0.2) is 24.5 Å². The summed E-state index contributed by atoms with van der Waals surface area (Å²) in [5, 5.41) is 0. The molecule has 6 rings (SSSR count). The maximum absolute atomic E-state index is 5.93. The minimum atomic E-state index is 0.468. The molecule has 0 unspecified atom stereocenters. The monoisotopic (exact) mass is 458 g/mol. The van der Waals surface area contributed by atoms with Crippen LogP contribution in [0.3, 0.4) is 0 Å². The number of hydrogen-bond acceptors (Lipinski definition) is 8. The molecule has 0 radical (unpaired) electrons. The highest BCUT2D eigenvalue weighted by Gasteiger charge is 2.29. The fourth-order valence-corrected chi connectivity index (χ4v) is 5.92. The largest absolute Gasteiger partial charge is 0.485 e. The number of hydrogen-bond donors (Lipinski definition) is 0. The van der Waals surface area contributed by atoms with Crippen LogP contribution in [-0.2, 0) is 0 Å². The zero-order valence-electron chi connectivity index (χ0n) is 16.6. The first-order valence-corrected chi connectivity index (χ1v) is 11.5. The van der Waals surface area contributed by atoms with Crippen LogP contribution in [0.4, 0.5) is 0 Å². The van der Waals surface area contributed by atoms with Crippen molar-refractivity contribution < 1.29 is 18.9 Å². The van der Waals surface area contributed by atoms with E-state index < -0.39 is 0 Å². The third-order valence-corrected chi connectivity index (χ3v) is 7.41. The molecule has 4 aromatic rings. The summed E-state index contributed by atoms with van der Waals surface area (Å²) in [5.74, 6) is 7.97. The van der Waals surface area contributed by atoms with Crippen LogP contribution in [0.1, 0.15) is 9.75 Å². The summed E-state index contributed by atoms with van der Waals surface area (Å²) in [6.07, 6.45) is 14.8. The predicted molar refractivity (Wildman–Crippen MR) is 124 cm³/mol. The first-order valence-electron chi connectivity index (χ1n) is 9.82. The molecule has 156 valence electrons. The number of nitrogens with zero attached hydrogens (tertiary/aromatic N) is 2. The van der Waals surface area contributed by atoms with Gasteiger partial charge in [-0.25, -0.2) is 0 Å². The molecule has 5 heterocycles. The van der Waals surface area contributed by atoms with E-state index in [2.05, 4.69) is 21.8 Å². The highest BCUT2D eigenvalue weighted by atomic mass is 32.1. The summed E-state index contributed by atoms with van der Waals surface area (Å²) >= 11 is 2.91. The zero-order valence-corrected chi connectivity index (χ0v) is 18.3. The molecule has 6 nitrogen and oxygen atoms in total. The lowest BCUT2D eigenvalue weighted by Gasteiger charge is -2.18. The maximum atomic E-state index is 5.93. The first-order chi connectivity index (χ1) is 15.8. The Morgan fingerprint density at radius 1 is 0.656 bits per heavy atom. The van der Waals surface area contributed by atoms with Crippen molar-refractivity contribution in [2.75, 3.05) is 26.4 Å². The summed E-state index contributed by atoms with van der Waals surface area (Å²) < 4.78 is 23.4. The maximum Gasteiger partial charge on any atom is 0.188 e.